The van der Waals surface area contributed by atoms with Crippen LogP contribution in [0.1, 0.15) is 35.1 Å². The number of rotatable bonds is 6. The number of hydrogen-bond acceptors (Lipinski definition) is 4. The van der Waals surface area contributed by atoms with Gasteiger partial charge in [0, 0.05) is 11.4 Å². The lowest BCUT2D eigenvalue weighted by molar-refractivity contribution is 0.203. The molecule has 2 aromatic heterocycles. The number of hydrogen-bond donors (Lipinski definition) is 2. The second-order valence-corrected chi connectivity index (χ2v) is 6.87. The maximum absolute atomic E-state index is 12.1. The highest BCUT2D eigenvalue weighted by Gasteiger charge is 2.25. The monoisotopic (exact) mass is 333 g/mol. The fourth-order valence-corrected chi connectivity index (χ4v) is 3.79. The topological polar surface area (TPSA) is 57.5 Å². The SMILES string of the molecule is Cc1ccsc1CNC(=O)NC[C@@H](c1ccco1)N1CCCC1. The molecule has 5 nitrogen and oxygen atoms in total. The molecule has 0 aromatic carbocycles. The molecule has 0 aliphatic carbocycles. The number of nitrogens with zero attached hydrogens (tertiary/aromatic N) is 1. The molecule has 0 radical (unpaired) electrons. The van der Waals surface area contributed by atoms with Crippen LogP contribution in [0.3, 0.4) is 0 Å². The van der Waals surface area contributed by atoms with E-state index in [9.17, 15) is 4.79 Å². The van der Waals surface area contributed by atoms with Gasteiger partial charge in [-0.1, -0.05) is 0 Å². The van der Waals surface area contributed by atoms with Crippen molar-refractivity contribution >= 4 is 17.4 Å². The zero-order valence-electron chi connectivity index (χ0n) is 13.4. The highest BCUT2D eigenvalue weighted by atomic mass is 32.1. The van der Waals surface area contributed by atoms with E-state index in [4.69, 9.17) is 4.42 Å². The van der Waals surface area contributed by atoms with E-state index >= 15 is 0 Å². The summed E-state index contributed by atoms with van der Waals surface area (Å²) >= 11 is 1.67. The Morgan fingerprint density at radius 1 is 1.35 bits per heavy atom. The number of thiophene rings is 1. The van der Waals surface area contributed by atoms with Crippen LogP contribution in [0.15, 0.2) is 34.3 Å². The third-order valence-electron chi connectivity index (χ3n) is 4.29. The van der Waals surface area contributed by atoms with Crippen molar-refractivity contribution in [2.24, 2.45) is 0 Å². The molecule has 2 N–H and O–H groups in total. The van der Waals surface area contributed by atoms with Gasteiger partial charge in [-0.15, -0.1) is 11.3 Å². The summed E-state index contributed by atoms with van der Waals surface area (Å²) in [5.41, 5.74) is 1.22. The van der Waals surface area contributed by atoms with E-state index in [2.05, 4.69) is 28.5 Å². The van der Waals surface area contributed by atoms with Gasteiger partial charge >= 0.3 is 6.03 Å². The number of amides is 2. The van der Waals surface area contributed by atoms with Crippen molar-refractivity contribution in [1.82, 2.24) is 15.5 Å². The Morgan fingerprint density at radius 3 is 2.83 bits per heavy atom. The smallest absolute Gasteiger partial charge is 0.315 e. The van der Waals surface area contributed by atoms with Gasteiger partial charge in [-0.05, 0) is 62.0 Å². The van der Waals surface area contributed by atoms with Gasteiger partial charge in [0.1, 0.15) is 5.76 Å². The molecule has 3 rings (SSSR count). The van der Waals surface area contributed by atoms with E-state index in [-0.39, 0.29) is 12.1 Å². The summed E-state index contributed by atoms with van der Waals surface area (Å²) < 4.78 is 5.56. The molecule has 0 spiro atoms. The van der Waals surface area contributed by atoms with Gasteiger partial charge in [-0.25, -0.2) is 4.79 Å². The molecule has 0 unspecified atom stereocenters. The van der Waals surface area contributed by atoms with E-state index in [0.29, 0.717) is 13.1 Å². The Morgan fingerprint density at radius 2 is 2.17 bits per heavy atom. The van der Waals surface area contributed by atoms with Gasteiger partial charge in [0.15, 0.2) is 0 Å². The fraction of sp³-hybridized carbons (Fsp3) is 0.471. The lowest BCUT2D eigenvalue weighted by atomic mass is 10.2. The molecule has 2 aromatic rings. The van der Waals surface area contributed by atoms with Crippen LogP contribution in [0.2, 0.25) is 0 Å². The Balaban J connectivity index is 1.52. The third kappa shape index (κ3) is 4.14. The minimum Gasteiger partial charge on any atom is -0.468 e. The first-order valence-electron chi connectivity index (χ1n) is 8.06. The number of likely N-dealkylation sites (tertiary alicyclic amines) is 1. The molecule has 6 heteroatoms. The van der Waals surface area contributed by atoms with Crippen LogP contribution in [0.5, 0.6) is 0 Å². The van der Waals surface area contributed by atoms with Crippen molar-refractivity contribution in [3.63, 3.8) is 0 Å². The summed E-state index contributed by atoms with van der Waals surface area (Å²) in [7, 11) is 0. The predicted molar refractivity (Wildman–Crippen MR) is 91.6 cm³/mol. The van der Waals surface area contributed by atoms with Crippen LogP contribution >= 0.6 is 11.3 Å². The van der Waals surface area contributed by atoms with E-state index in [1.165, 1.54) is 23.3 Å². The number of carbonyl (C=O) groups excluding carboxylic acids is 1. The first kappa shape index (κ1) is 16.1. The summed E-state index contributed by atoms with van der Waals surface area (Å²) in [5.74, 6) is 0.918. The van der Waals surface area contributed by atoms with Crippen molar-refractivity contribution in [1.29, 1.82) is 0 Å². The zero-order chi connectivity index (χ0) is 16.1. The number of carbonyl (C=O) groups is 1. The molecule has 1 aliphatic rings. The Labute approximate surface area is 140 Å². The fourth-order valence-electron chi connectivity index (χ4n) is 2.94. The molecule has 1 aliphatic heterocycles. The van der Waals surface area contributed by atoms with E-state index in [0.717, 1.165) is 18.8 Å². The number of aryl methyl sites for hydroxylation is 1. The molecule has 1 atom stereocenters. The largest absolute Gasteiger partial charge is 0.468 e. The van der Waals surface area contributed by atoms with Crippen LogP contribution in [0, 0.1) is 6.92 Å². The summed E-state index contributed by atoms with van der Waals surface area (Å²) in [5, 5.41) is 7.96. The molecule has 23 heavy (non-hydrogen) atoms. The molecule has 0 saturated carbocycles. The quantitative estimate of drug-likeness (QED) is 0.853. The van der Waals surface area contributed by atoms with Crippen molar-refractivity contribution in [2.45, 2.75) is 32.4 Å². The van der Waals surface area contributed by atoms with Gasteiger partial charge in [-0.3, -0.25) is 4.90 Å². The first-order chi connectivity index (χ1) is 11.2. The number of nitrogens with one attached hydrogen (secondary N) is 2. The highest BCUT2D eigenvalue weighted by Crippen LogP contribution is 2.24. The van der Waals surface area contributed by atoms with Crippen LogP contribution < -0.4 is 10.6 Å². The zero-order valence-corrected chi connectivity index (χ0v) is 14.2. The second-order valence-electron chi connectivity index (χ2n) is 5.86. The highest BCUT2D eigenvalue weighted by molar-refractivity contribution is 7.10. The van der Waals surface area contributed by atoms with E-state index < -0.39 is 0 Å². The number of furan rings is 1. The van der Waals surface area contributed by atoms with E-state index in [1.807, 2.05) is 17.5 Å². The van der Waals surface area contributed by atoms with Crippen LogP contribution in [-0.2, 0) is 6.54 Å². The summed E-state index contributed by atoms with van der Waals surface area (Å²) in [6, 6.07) is 5.94. The molecular weight excluding hydrogens is 310 g/mol. The van der Waals surface area contributed by atoms with Gasteiger partial charge in [0.05, 0.1) is 18.8 Å². The molecule has 1 fully saturated rings. The van der Waals surface area contributed by atoms with Crippen LogP contribution in [0.4, 0.5) is 4.79 Å². The normalized spacial score (nSPS) is 16.4. The summed E-state index contributed by atoms with van der Waals surface area (Å²) in [6.07, 6.45) is 4.11. The van der Waals surface area contributed by atoms with E-state index in [1.54, 1.807) is 17.6 Å². The van der Waals surface area contributed by atoms with Crippen molar-refractivity contribution in [3.05, 3.63) is 46.0 Å². The third-order valence-corrected chi connectivity index (χ3v) is 5.31. The average molecular weight is 333 g/mol. The van der Waals surface area contributed by atoms with Gasteiger partial charge in [0.25, 0.3) is 0 Å². The van der Waals surface area contributed by atoms with Crippen molar-refractivity contribution < 1.29 is 9.21 Å². The second kappa shape index (κ2) is 7.66. The average Bonchev–Trinajstić information content (AvgIpc) is 3.29. The number of urea groups is 1. The summed E-state index contributed by atoms with van der Waals surface area (Å²) in [4.78, 5) is 15.6. The lowest BCUT2D eigenvalue weighted by Gasteiger charge is -2.26. The minimum atomic E-state index is -0.131. The minimum absolute atomic E-state index is 0.113. The molecule has 3 heterocycles. The standard InChI is InChI=1S/C17H23N3O2S/c1-13-6-10-23-16(13)12-19-17(21)18-11-14(15-5-4-9-22-15)20-7-2-3-8-20/h4-6,9-10,14H,2-3,7-8,11-12H2,1H3,(H2,18,19,21)/t14-/m0/s1. The maximum Gasteiger partial charge on any atom is 0.315 e. The van der Waals surface area contributed by atoms with Gasteiger partial charge in [0.2, 0.25) is 0 Å². The predicted octanol–water partition coefficient (Wildman–Crippen LogP) is 3.29. The molecule has 0 bridgehead atoms. The first-order valence-corrected chi connectivity index (χ1v) is 8.94. The Kier molecular flexibility index (Phi) is 5.35. The summed E-state index contributed by atoms with van der Waals surface area (Å²) in [6.45, 7) is 5.31. The molecule has 2 amide bonds. The lowest BCUT2D eigenvalue weighted by Crippen LogP contribution is -2.41. The Bertz CT molecular complexity index is 618. The van der Waals surface area contributed by atoms with Crippen molar-refractivity contribution in [3.8, 4) is 0 Å². The van der Waals surface area contributed by atoms with Crippen molar-refractivity contribution in [2.75, 3.05) is 19.6 Å². The van der Waals surface area contributed by atoms with Gasteiger partial charge < -0.3 is 15.1 Å². The molecule has 1 saturated heterocycles. The molecular formula is C17H23N3O2S. The maximum atomic E-state index is 12.1. The Hall–Kier alpha value is -1.79. The van der Waals surface area contributed by atoms with Crippen LogP contribution in [-0.4, -0.2) is 30.6 Å². The van der Waals surface area contributed by atoms with Gasteiger partial charge in [-0.2, -0.15) is 0 Å². The van der Waals surface area contributed by atoms with Crippen LogP contribution in [0.25, 0.3) is 0 Å². The molecule has 124 valence electrons.